The van der Waals surface area contributed by atoms with Crippen LogP contribution in [0, 0.1) is 0 Å². The highest BCUT2D eigenvalue weighted by atomic mass is 32.2. The number of thioether (sulfide) groups is 1. The number of hydrogen-bond donors (Lipinski definition) is 1. The molecule has 0 aliphatic rings. The number of carboxylic acid groups (broad SMARTS) is 1. The Morgan fingerprint density at radius 1 is 1.22 bits per heavy atom. The lowest BCUT2D eigenvalue weighted by Crippen LogP contribution is -2.08. The monoisotopic (exact) mass is 346 g/mol. The molecule has 2 heterocycles. The van der Waals surface area contributed by atoms with E-state index in [9.17, 15) is 14.7 Å². The second-order valence-electron chi connectivity index (χ2n) is 4.91. The summed E-state index contributed by atoms with van der Waals surface area (Å²) in [6.45, 7) is 2.11. The number of carboxylic acids is 1. The molecule has 4 nitrogen and oxygen atoms in total. The highest BCUT2D eigenvalue weighted by Gasteiger charge is 2.21. The molecule has 0 amide bonds. The van der Waals surface area contributed by atoms with Crippen LogP contribution in [0.25, 0.3) is 21.2 Å². The number of fused-ring (bicyclic) bond motifs is 1. The van der Waals surface area contributed by atoms with Gasteiger partial charge in [0, 0.05) is 10.3 Å². The predicted molar refractivity (Wildman–Crippen MR) is 93.8 cm³/mol. The minimum atomic E-state index is -1.24. The summed E-state index contributed by atoms with van der Waals surface area (Å²) in [4.78, 5) is 24.3. The van der Waals surface area contributed by atoms with Crippen LogP contribution in [0.5, 0.6) is 0 Å². The summed E-state index contributed by atoms with van der Waals surface area (Å²) in [5, 5.41) is 10.4. The van der Waals surface area contributed by atoms with Crippen LogP contribution in [0.1, 0.15) is 23.9 Å². The molecule has 0 radical (unpaired) electrons. The second-order valence-corrected chi connectivity index (χ2v) is 7.39. The van der Waals surface area contributed by atoms with E-state index < -0.39 is 11.6 Å². The van der Waals surface area contributed by atoms with Crippen LogP contribution >= 0.6 is 23.1 Å². The Kier molecular flexibility index (Phi) is 4.54. The average Bonchev–Trinajstić information content (AvgIpc) is 3.01. The van der Waals surface area contributed by atoms with E-state index in [-0.39, 0.29) is 5.76 Å². The molecule has 1 N–H and O–H groups in total. The lowest BCUT2D eigenvalue weighted by atomic mass is 10.0. The Morgan fingerprint density at radius 3 is 2.65 bits per heavy atom. The molecule has 23 heavy (non-hydrogen) atoms. The molecule has 0 aliphatic carbocycles. The van der Waals surface area contributed by atoms with Gasteiger partial charge in [-0.25, -0.2) is 9.59 Å². The van der Waals surface area contributed by atoms with E-state index in [1.165, 1.54) is 11.3 Å². The number of benzene rings is 1. The molecule has 0 unspecified atom stereocenters. The molecule has 6 heteroatoms. The van der Waals surface area contributed by atoms with Gasteiger partial charge in [-0.2, -0.15) is 0 Å². The third-order valence-corrected chi connectivity index (χ3v) is 5.84. The molecule has 3 rings (SSSR count). The molecule has 3 aromatic rings. The van der Waals surface area contributed by atoms with Crippen molar-refractivity contribution in [3.8, 4) is 10.4 Å². The topological polar surface area (TPSA) is 67.5 Å². The van der Waals surface area contributed by atoms with Crippen molar-refractivity contribution in [2.75, 3.05) is 5.75 Å². The summed E-state index contributed by atoms with van der Waals surface area (Å²) in [5.74, 6) is -0.530. The van der Waals surface area contributed by atoms with Gasteiger partial charge < -0.3 is 9.52 Å². The molecule has 0 bridgehead atoms. The van der Waals surface area contributed by atoms with Crippen molar-refractivity contribution in [1.29, 1.82) is 0 Å². The van der Waals surface area contributed by atoms with Crippen LogP contribution < -0.4 is 5.63 Å². The van der Waals surface area contributed by atoms with Crippen LogP contribution in [0.15, 0.2) is 49.8 Å². The number of thiophene rings is 1. The Bertz CT molecular complexity index is 924. The maximum Gasteiger partial charge on any atom is 0.372 e. The van der Waals surface area contributed by atoms with E-state index in [2.05, 4.69) is 6.92 Å². The highest BCUT2D eigenvalue weighted by molar-refractivity contribution is 8.01. The molecule has 0 spiro atoms. The average molecular weight is 346 g/mol. The van der Waals surface area contributed by atoms with Gasteiger partial charge in [0.1, 0.15) is 0 Å². The molecule has 0 aliphatic heterocycles. The lowest BCUT2D eigenvalue weighted by Gasteiger charge is -2.07. The normalized spacial score (nSPS) is 11.0. The first kappa shape index (κ1) is 15.8. The zero-order chi connectivity index (χ0) is 16.4. The molecule has 0 fully saturated rings. The van der Waals surface area contributed by atoms with E-state index in [1.807, 2.05) is 12.1 Å². The first-order valence-electron chi connectivity index (χ1n) is 7.14. The molecular weight excluding hydrogens is 332 g/mol. The summed E-state index contributed by atoms with van der Waals surface area (Å²) >= 11 is 3.25. The van der Waals surface area contributed by atoms with Crippen molar-refractivity contribution in [2.45, 2.75) is 17.6 Å². The summed E-state index contributed by atoms with van der Waals surface area (Å²) in [5.41, 5.74) is -0.153. The second kappa shape index (κ2) is 6.60. The van der Waals surface area contributed by atoms with Crippen molar-refractivity contribution < 1.29 is 14.3 Å². The van der Waals surface area contributed by atoms with E-state index in [0.29, 0.717) is 16.3 Å². The van der Waals surface area contributed by atoms with Crippen molar-refractivity contribution in [2.24, 2.45) is 0 Å². The zero-order valence-corrected chi connectivity index (χ0v) is 14.0. The lowest BCUT2D eigenvalue weighted by molar-refractivity contribution is 0.0659. The third-order valence-electron chi connectivity index (χ3n) is 3.31. The first-order chi connectivity index (χ1) is 11.1. The van der Waals surface area contributed by atoms with Crippen molar-refractivity contribution in [3.63, 3.8) is 0 Å². The number of aromatic carboxylic acids is 1. The third kappa shape index (κ3) is 3.04. The molecule has 2 aromatic heterocycles. The zero-order valence-electron chi connectivity index (χ0n) is 12.4. The molecule has 0 saturated heterocycles. The maximum absolute atomic E-state index is 12.0. The maximum atomic E-state index is 12.0. The fourth-order valence-electron chi connectivity index (χ4n) is 2.33. The van der Waals surface area contributed by atoms with E-state index in [4.69, 9.17) is 4.42 Å². The van der Waals surface area contributed by atoms with Crippen LogP contribution in [-0.2, 0) is 0 Å². The van der Waals surface area contributed by atoms with Crippen LogP contribution in [0.4, 0.5) is 0 Å². The minimum Gasteiger partial charge on any atom is -0.475 e. The Balaban J connectivity index is 2.24. The van der Waals surface area contributed by atoms with Gasteiger partial charge in [-0.3, -0.25) is 0 Å². The SMILES string of the molecule is CCCSc1ccc(-c2c(C(=O)O)oc(=O)c3ccccc23)s1. The van der Waals surface area contributed by atoms with Gasteiger partial charge in [0.05, 0.1) is 15.2 Å². The summed E-state index contributed by atoms with van der Waals surface area (Å²) in [6, 6.07) is 10.8. The van der Waals surface area contributed by atoms with Gasteiger partial charge in [0.15, 0.2) is 0 Å². The van der Waals surface area contributed by atoms with Gasteiger partial charge >= 0.3 is 11.6 Å². The minimum absolute atomic E-state index is 0.303. The quantitative estimate of drug-likeness (QED) is 0.677. The first-order valence-corrected chi connectivity index (χ1v) is 8.94. The fourth-order valence-corrected chi connectivity index (χ4v) is 4.45. The molecule has 1 aromatic carbocycles. The predicted octanol–water partition coefficient (Wildman–Crippen LogP) is 4.72. The number of carbonyl (C=O) groups is 1. The van der Waals surface area contributed by atoms with Gasteiger partial charge in [0.2, 0.25) is 5.76 Å². The van der Waals surface area contributed by atoms with Crippen molar-refractivity contribution in [3.05, 3.63) is 52.6 Å². The van der Waals surface area contributed by atoms with E-state index in [0.717, 1.165) is 21.3 Å². The fraction of sp³-hybridized carbons (Fsp3) is 0.176. The Labute approximate surface area is 140 Å². The van der Waals surface area contributed by atoms with Crippen LogP contribution in [0.3, 0.4) is 0 Å². The standard InChI is InChI=1S/C17H14O4S2/c1-2-9-22-13-8-7-12(23-13)14-10-5-3-4-6-11(10)17(20)21-15(14)16(18)19/h3-8H,2,9H2,1H3,(H,18,19). The largest absolute Gasteiger partial charge is 0.475 e. The summed E-state index contributed by atoms with van der Waals surface area (Å²) in [6.07, 6.45) is 1.07. The van der Waals surface area contributed by atoms with E-state index in [1.54, 1.807) is 36.0 Å². The summed E-state index contributed by atoms with van der Waals surface area (Å²) < 4.78 is 6.19. The molecule has 0 saturated carbocycles. The molecular formula is C17H14O4S2. The van der Waals surface area contributed by atoms with E-state index >= 15 is 0 Å². The molecule has 118 valence electrons. The van der Waals surface area contributed by atoms with Gasteiger partial charge in [-0.05, 0) is 30.4 Å². The highest BCUT2D eigenvalue weighted by Crippen LogP contribution is 2.38. The van der Waals surface area contributed by atoms with Gasteiger partial charge in [0.25, 0.3) is 0 Å². The summed E-state index contributed by atoms with van der Waals surface area (Å²) in [7, 11) is 0. The van der Waals surface area contributed by atoms with Crippen LogP contribution in [-0.4, -0.2) is 16.8 Å². The van der Waals surface area contributed by atoms with Crippen molar-refractivity contribution >= 4 is 39.8 Å². The smallest absolute Gasteiger partial charge is 0.372 e. The Morgan fingerprint density at radius 2 is 1.96 bits per heavy atom. The Hall–Kier alpha value is -2.05. The van der Waals surface area contributed by atoms with Crippen molar-refractivity contribution in [1.82, 2.24) is 0 Å². The number of rotatable bonds is 5. The molecule has 0 atom stereocenters. The number of hydrogen-bond acceptors (Lipinski definition) is 5. The van der Waals surface area contributed by atoms with Crippen LogP contribution in [0.2, 0.25) is 0 Å². The van der Waals surface area contributed by atoms with Gasteiger partial charge in [-0.15, -0.1) is 23.1 Å². The van der Waals surface area contributed by atoms with Gasteiger partial charge in [-0.1, -0.05) is 25.1 Å².